The number of aryl methyl sites for hydroxylation is 1. The maximum absolute atomic E-state index is 12.6. The number of hydrogen-bond acceptors (Lipinski definition) is 3. The molecular weight excluding hydrogens is 342 g/mol. The number of likely N-dealkylation sites (tertiary alicyclic amines) is 1. The standard InChI is InChI=1S/C21H23N3OS/c1-15-8-2-3-9-16(15)22-20(25)14-24-13-7-6-11-18(24)21-23-17-10-4-5-12-19(17)26-21/h2-5,8-10,12,18H,6-7,11,13-14H2,1H3,(H,22,25)/p+1/t18-/m1/s1. The van der Waals surface area contributed by atoms with Crippen molar-refractivity contribution in [1.29, 1.82) is 0 Å². The molecule has 26 heavy (non-hydrogen) atoms. The summed E-state index contributed by atoms with van der Waals surface area (Å²) in [5.74, 6) is 0.0855. The lowest BCUT2D eigenvalue weighted by molar-refractivity contribution is -0.929. The van der Waals surface area contributed by atoms with E-state index in [-0.39, 0.29) is 5.91 Å². The van der Waals surface area contributed by atoms with Crippen LogP contribution in [0.5, 0.6) is 0 Å². The number of nitrogens with zero attached hydrogens (tertiary/aromatic N) is 1. The lowest BCUT2D eigenvalue weighted by Crippen LogP contribution is -3.14. The van der Waals surface area contributed by atoms with Crippen molar-refractivity contribution < 1.29 is 9.69 Å². The van der Waals surface area contributed by atoms with Crippen molar-refractivity contribution in [2.75, 3.05) is 18.4 Å². The summed E-state index contributed by atoms with van der Waals surface area (Å²) in [6, 6.07) is 16.6. The highest BCUT2D eigenvalue weighted by Crippen LogP contribution is 2.28. The maximum atomic E-state index is 12.6. The Morgan fingerprint density at radius 1 is 1.19 bits per heavy atom. The highest BCUT2D eigenvalue weighted by molar-refractivity contribution is 7.18. The molecule has 1 fully saturated rings. The van der Waals surface area contributed by atoms with Crippen LogP contribution in [0.4, 0.5) is 5.69 Å². The van der Waals surface area contributed by atoms with Gasteiger partial charge >= 0.3 is 0 Å². The van der Waals surface area contributed by atoms with Gasteiger partial charge < -0.3 is 10.2 Å². The second kappa shape index (κ2) is 7.56. The van der Waals surface area contributed by atoms with Crippen molar-refractivity contribution in [1.82, 2.24) is 4.98 Å². The molecule has 1 aromatic heterocycles. The lowest BCUT2D eigenvalue weighted by Gasteiger charge is -2.30. The third-order valence-electron chi connectivity index (χ3n) is 5.15. The molecule has 2 atom stereocenters. The lowest BCUT2D eigenvalue weighted by atomic mass is 10.0. The van der Waals surface area contributed by atoms with E-state index >= 15 is 0 Å². The van der Waals surface area contributed by atoms with Crippen LogP contribution in [0.25, 0.3) is 10.2 Å². The molecule has 5 heteroatoms. The van der Waals surface area contributed by atoms with E-state index in [1.807, 2.05) is 37.3 Å². The zero-order valence-electron chi connectivity index (χ0n) is 15.0. The number of hydrogen-bond donors (Lipinski definition) is 2. The first kappa shape index (κ1) is 17.2. The smallest absolute Gasteiger partial charge is 0.279 e. The van der Waals surface area contributed by atoms with Gasteiger partial charge in [-0.05, 0) is 43.5 Å². The fourth-order valence-electron chi connectivity index (χ4n) is 3.74. The van der Waals surface area contributed by atoms with Gasteiger partial charge in [-0.25, -0.2) is 4.98 Å². The molecule has 134 valence electrons. The van der Waals surface area contributed by atoms with Crippen molar-refractivity contribution in [3.05, 3.63) is 59.1 Å². The second-order valence-corrected chi connectivity index (χ2v) is 8.08. The topological polar surface area (TPSA) is 46.4 Å². The van der Waals surface area contributed by atoms with Crippen molar-refractivity contribution in [3.63, 3.8) is 0 Å². The minimum absolute atomic E-state index is 0.0855. The van der Waals surface area contributed by atoms with Crippen molar-refractivity contribution in [3.8, 4) is 0 Å². The van der Waals surface area contributed by atoms with E-state index in [1.165, 1.54) is 27.4 Å². The third-order valence-corrected chi connectivity index (χ3v) is 6.30. The zero-order chi connectivity index (χ0) is 17.9. The summed E-state index contributed by atoms with van der Waals surface area (Å²) < 4.78 is 1.23. The quantitative estimate of drug-likeness (QED) is 0.744. The van der Waals surface area contributed by atoms with Crippen molar-refractivity contribution in [2.24, 2.45) is 0 Å². The Hall–Kier alpha value is -2.24. The molecule has 4 nitrogen and oxygen atoms in total. The Morgan fingerprint density at radius 2 is 2.00 bits per heavy atom. The Labute approximate surface area is 157 Å². The average Bonchev–Trinajstić information content (AvgIpc) is 3.08. The maximum Gasteiger partial charge on any atom is 0.279 e. The van der Waals surface area contributed by atoms with Crippen LogP contribution in [0.3, 0.4) is 0 Å². The molecule has 1 aliphatic heterocycles. The van der Waals surface area contributed by atoms with Crippen LogP contribution >= 0.6 is 11.3 Å². The van der Waals surface area contributed by atoms with Crippen LogP contribution in [-0.4, -0.2) is 24.0 Å². The average molecular weight is 367 g/mol. The summed E-state index contributed by atoms with van der Waals surface area (Å²) in [6.45, 7) is 3.55. The van der Waals surface area contributed by atoms with Gasteiger partial charge in [0.2, 0.25) is 0 Å². The summed E-state index contributed by atoms with van der Waals surface area (Å²) in [6.07, 6.45) is 3.49. The van der Waals surface area contributed by atoms with Crippen LogP contribution in [0, 0.1) is 6.92 Å². The number of para-hydroxylation sites is 2. The molecule has 1 aliphatic rings. The number of anilines is 1. The fourth-order valence-corrected chi connectivity index (χ4v) is 4.90. The summed E-state index contributed by atoms with van der Waals surface area (Å²) in [4.78, 5) is 18.8. The van der Waals surface area contributed by atoms with Crippen LogP contribution in [0.1, 0.15) is 35.9 Å². The van der Waals surface area contributed by atoms with Gasteiger partial charge in [0.15, 0.2) is 11.6 Å². The SMILES string of the molecule is Cc1ccccc1NC(=O)C[NH+]1CCCC[C@@H]1c1nc2ccccc2s1. The summed E-state index contributed by atoms with van der Waals surface area (Å²) >= 11 is 1.78. The molecule has 1 unspecified atom stereocenters. The first-order chi connectivity index (χ1) is 12.7. The van der Waals surface area contributed by atoms with Crippen molar-refractivity contribution >= 4 is 33.1 Å². The molecule has 0 spiro atoms. The number of carbonyl (C=O) groups excluding carboxylic acids is 1. The number of piperidine rings is 1. The number of nitrogens with one attached hydrogen (secondary N) is 2. The molecule has 1 amide bonds. The Bertz CT molecular complexity index is 887. The predicted octanol–water partition coefficient (Wildman–Crippen LogP) is 3.35. The Balaban J connectivity index is 1.50. The highest BCUT2D eigenvalue weighted by atomic mass is 32.1. The first-order valence-electron chi connectivity index (χ1n) is 9.26. The van der Waals surface area contributed by atoms with E-state index in [4.69, 9.17) is 4.98 Å². The predicted molar refractivity (Wildman–Crippen MR) is 107 cm³/mol. The van der Waals surface area contributed by atoms with E-state index in [0.717, 1.165) is 29.7 Å². The molecule has 0 aliphatic carbocycles. The van der Waals surface area contributed by atoms with Gasteiger partial charge in [0, 0.05) is 12.1 Å². The van der Waals surface area contributed by atoms with Gasteiger partial charge in [-0.15, -0.1) is 11.3 Å². The molecular formula is C21H24N3OS+. The third kappa shape index (κ3) is 3.64. The number of thiazole rings is 1. The minimum atomic E-state index is 0.0855. The molecule has 3 aromatic rings. The number of benzene rings is 2. The molecule has 0 bridgehead atoms. The second-order valence-electron chi connectivity index (χ2n) is 7.02. The summed E-state index contributed by atoms with van der Waals surface area (Å²) in [7, 11) is 0. The van der Waals surface area contributed by atoms with E-state index < -0.39 is 0 Å². The molecule has 2 aromatic carbocycles. The van der Waals surface area contributed by atoms with Crippen LogP contribution < -0.4 is 10.2 Å². The normalized spacial score (nSPS) is 20.2. The monoisotopic (exact) mass is 366 g/mol. The van der Waals surface area contributed by atoms with E-state index in [0.29, 0.717) is 12.6 Å². The van der Waals surface area contributed by atoms with Crippen LogP contribution in [0.2, 0.25) is 0 Å². The molecule has 2 heterocycles. The van der Waals surface area contributed by atoms with Crippen LogP contribution in [-0.2, 0) is 4.79 Å². The Morgan fingerprint density at radius 3 is 2.85 bits per heavy atom. The van der Waals surface area contributed by atoms with Crippen LogP contribution in [0.15, 0.2) is 48.5 Å². The van der Waals surface area contributed by atoms with E-state index in [9.17, 15) is 4.79 Å². The minimum Gasteiger partial charge on any atom is -0.321 e. The highest BCUT2D eigenvalue weighted by Gasteiger charge is 2.31. The first-order valence-corrected chi connectivity index (χ1v) is 10.1. The Kier molecular flexibility index (Phi) is 5.00. The number of rotatable bonds is 4. The van der Waals surface area contributed by atoms with E-state index in [2.05, 4.69) is 23.5 Å². The van der Waals surface area contributed by atoms with Gasteiger partial charge in [0.05, 0.1) is 16.8 Å². The molecule has 1 saturated heterocycles. The fraction of sp³-hybridized carbons (Fsp3) is 0.333. The van der Waals surface area contributed by atoms with Gasteiger partial charge in [0.25, 0.3) is 5.91 Å². The van der Waals surface area contributed by atoms with Gasteiger partial charge in [-0.1, -0.05) is 30.3 Å². The van der Waals surface area contributed by atoms with Crippen molar-refractivity contribution in [2.45, 2.75) is 32.2 Å². The van der Waals surface area contributed by atoms with E-state index in [1.54, 1.807) is 11.3 Å². The number of quaternary nitrogens is 1. The molecule has 0 radical (unpaired) electrons. The molecule has 0 saturated carbocycles. The number of aromatic nitrogens is 1. The number of carbonyl (C=O) groups is 1. The number of amides is 1. The summed E-state index contributed by atoms with van der Waals surface area (Å²) in [5.41, 5.74) is 3.07. The largest absolute Gasteiger partial charge is 0.321 e. The van der Waals surface area contributed by atoms with Gasteiger partial charge in [0.1, 0.15) is 6.04 Å². The number of fused-ring (bicyclic) bond motifs is 1. The van der Waals surface area contributed by atoms with Gasteiger partial charge in [-0.2, -0.15) is 0 Å². The van der Waals surface area contributed by atoms with Gasteiger partial charge in [-0.3, -0.25) is 4.79 Å². The molecule has 2 N–H and O–H groups in total. The summed E-state index contributed by atoms with van der Waals surface area (Å²) in [5, 5.41) is 4.25. The zero-order valence-corrected chi connectivity index (χ0v) is 15.8. The molecule has 4 rings (SSSR count).